The first kappa shape index (κ1) is 12.9. The number of Topliss-reactive ketones (excluding diaryl/α,β-unsaturated/α-hetero) is 1. The highest BCUT2D eigenvalue weighted by Crippen LogP contribution is 2.30. The van der Waals surface area contributed by atoms with Crippen molar-refractivity contribution >= 4 is 22.3 Å². The Morgan fingerprint density at radius 2 is 1.94 bits per heavy atom. The number of carbonyl (C=O) groups excluding carboxylic acids is 1. The Balaban J connectivity index is 2.19. The van der Waals surface area contributed by atoms with Gasteiger partial charge in [0.25, 0.3) is 5.69 Å². The van der Waals surface area contributed by atoms with E-state index >= 15 is 0 Å². The fourth-order valence-corrected chi connectivity index (χ4v) is 3.75. The number of benzene rings is 1. The molecule has 0 radical (unpaired) electrons. The van der Waals surface area contributed by atoms with Gasteiger partial charge in [-0.05, 0) is 18.6 Å². The predicted octanol–water partition coefficient (Wildman–Crippen LogP) is 2.07. The Morgan fingerprint density at radius 1 is 1.33 bits per heavy atom. The van der Waals surface area contributed by atoms with Gasteiger partial charge in [0.1, 0.15) is 5.78 Å². The molecule has 0 bridgehead atoms. The monoisotopic (exact) mass is 267 g/mol. The summed E-state index contributed by atoms with van der Waals surface area (Å²) in [5.74, 6) is -0.0451. The van der Waals surface area contributed by atoms with Crippen LogP contribution in [0.5, 0.6) is 0 Å². The van der Waals surface area contributed by atoms with Crippen LogP contribution in [0.2, 0.25) is 0 Å². The Labute approximate surface area is 107 Å². The van der Waals surface area contributed by atoms with E-state index in [4.69, 9.17) is 0 Å². The summed E-state index contributed by atoms with van der Waals surface area (Å²) in [6.45, 7) is 1.79. The summed E-state index contributed by atoms with van der Waals surface area (Å²) >= 11 is 0. The maximum Gasteiger partial charge on any atom is 0.269 e. The van der Waals surface area contributed by atoms with Crippen molar-refractivity contribution in [2.75, 3.05) is 0 Å². The zero-order chi connectivity index (χ0) is 13.3. The molecule has 1 aliphatic carbocycles. The van der Waals surface area contributed by atoms with Gasteiger partial charge in [-0.15, -0.1) is 0 Å². The third-order valence-electron chi connectivity index (χ3n) is 3.30. The molecule has 3 atom stereocenters. The van der Waals surface area contributed by atoms with E-state index in [0.717, 1.165) is 0 Å². The zero-order valence-corrected chi connectivity index (χ0v) is 10.7. The van der Waals surface area contributed by atoms with Crippen LogP contribution >= 0.6 is 0 Å². The van der Waals surface area contributed by atoms with E-state index in [1.807, 2.05) is 0 Å². The first-order valence-corrected chi connectivity index (χ1v) is 6.89. The molecule has 3 unspecified atom stereocenters. The molecule has 0 aromatic heterocycles. The quantitative estimate of drug-likeness (QED) is 0.620. The van der Waals surface area contributed by atoms with Crippen molar-refractivity contribution in [3.8, 4) is 0 Å². The number of hydrogen-bond acceptors (Lipinski definition) is 4. The van der Waals surface area contributed by atoms with Gasteiger partial charge in [-0.25, -0.2) is 0 Å². The molecule has 1 aromatic rings. The molecule has 1 aliphatic rings. The largest absolute Gasteiger partial charge is 0.299 e. The second-order valence-electron chi connectivity index (χ2n) is 4.38. The van der Waals surface area contributed by atoms with E-state index in [2.05, 4.69) is 0 Å². The molecule has 1 fully saturated rings. The summed E-state index contributed by atoms with van der Waals surface area (Å²) < 4.78 is 12.3. The van der Waals surface area contributed by atoms with Crippen LogP contribution in [0.15, 0.2) is 29.2 Å². The standard InChI is InChI=1S/C12H13NO4S/c1-8-11(14)6-7-12(8)18(17)10-4-2-9(3-5-10)13(15)16/h2-5,8,12H,6-7H2,1H3. The second kappa shape index (κ2) is 4.97. The van der Waals surface area contributed by atoms with Gasteiger partial charge in [-0.2, -0.15) is 0 Å². The van der Waals surface area contributed by atoms with Crippen LogP contribution in [-0.4, -0.2) is 20.2 Å². The highest BCUT2D eigenvalue weighted by molar-refractivity contribution is 7.85. The third-order valence-corrected chi connectivity index (χ3v) is 5.23. The molecule has 0 spiro atoms. The van der Waals surface area contributed by atoms with Gasteiger partial charge in [-0.1, -0.05) is 6.92 Å². The predicted molar refractivity (Wildman–Crippen MR) is 66.7 cm³/mol. The van der Waals surface area contributed by atoms with Crippen LogP contribution in [-0.2, 0) is 15.6 Å². The summed E-state index contributed by atoms with van der Waals surface area (Å²) in [6.07, 6.45) is 1.11. The molecule has 6 heteroatoms. The highest BCUT2D eigenvalue weighted by atomic mass is 32.2. The van der Waals surface area contributed by atoms with Crippen molar-refractivity contribution in [3.05, 3.63) is 34.4 Å². The van der Waals surface area contributed by atoms with Gasteiger partial charge in [-0.3, -0.25) is 19.1 Å². The maximum atomic E-state index is 12.3. The Morgan fingerprint density at radius 3 is 2.39 bits per heavy atom. The van der Waals surface area contributed by atoms with Gasteiger partial charge in [0.15, 0.2) is 0 Å². The number of nitro benzene ring substituents is 1. The minimum absolute atomic E-state index is 0.0219. The molecular formula is C12H13NO4S. The van der Waals surface area contributed by atoms with Crippen LogP contribution in [0.1, 0.15) is 19.8 Å². The van der Waals surface area contributed by atoms with E-state index < -0.39 is 15.7 Å². The summed E-state index contributed by atoms with van der Waals surface area (Å²) in [4.78, 5) is 22.0. The number of non-ortho nitro benzene ring substituents is 1. The van der Waals surface area contributed by atoms with Crippen LogP contribution in [0.4, 0.5) is 5.69 Å². The lowest BCUT2D eigenvalue weighted by atomic mass is 10.1. The van der Waals surface area contributed by atoms with Gasteiger partial charge in [0.05, 0.1) is 15.7 Å². The molecule has 0 heterocycles. The Hall–Kier alpha value is -1.56. The van der Waals surface area contributed by atoms with Crippen LogP contribution < -0.4 is 0 Å². The average Bonchev–Trinajstić information content (AvgIpc) is 2.69. The lowest BCUT2D eigenvalue weighted by Gasteiger charge is -2.13. The molecule has 1 saturated carbocycles. The van der Waals surface area contributed by atoms with Crippen molar-refractivity contribution in [1.29, 1.82) is 0 Å². The molecule has 0 amide bonds. The summed E-state index contributed by atoms with van der Waals surface area (Å²) in [7, 11) is -1.27. The van der Waals surface area contributed by atoms with E-state index in [9.17, 15) is 19.1 Å². The molecule has 0 aliphatic heterocycles. The number of hydrogen-bond donors (Lipinski definition) is 0. The van der Waals surface area contributed by atoms with Gasteiger partial charge >= 0.3 is 0 Å². The summed E-state index contributed by atoms with van der Waals surface area (Å²) in [5, 5.41) is 10.4. The van der Waals surface area contributed by atoms with Crippen molar-refractivity contribution in [2.45, 2.75) is 29.9 Å². The average molecular weight is 267 g/mol. The second-order valence-corrected chi connectivity index (χ2v) is 6.05. The molecule has 96 valence electrons. The van der Waals surface area contributed by atoms with E-state index in [1.54, 1.807) is 6.92 Å². The summed E-state index contributed by atoms with van der Waals surface area (Å²) in [6, 6.07) is 5.69. The van der Waals surface area contributed by atoms with Crippen LogP contribution in [0.25, 0.3) is 0 Å². The first-order valence-electron chi connectivity index (χ1n) is 5.68. The van der Waals surface area contributed by atoms with Gasteiger partial charge in [0, 0.05) is 34.6 Å². The van der Waals surface area contributed by atoms with E-state index in [1.165, 1.54) is 24.3 Å². The lowest BCUT2D eigenvalue weighted by Crippen LogP contribution is -2.21. The Bertz CT molecular complexity index is 511. The molecule has 5 nitrogen and oxygen atoms in total. The molecule has 0 N–H and O–H groups in total. The normalized spacial score (nSPS) is 25.1. The van der Waals surface area contributed by atoms with Crippen LogP contribution in [0, 0.1) is 16.0 Å². The minimum Gasteiger partial charge on any atom is -0.299 e. The van der Waals surface area contributed by atoms with Gasteiger partial charge in [0.2, 0.25) is 0 Å². The van der Waals surface area contributed by atoms with Gasteiger partial charge < -0.3 is 0 Å². The first-order chi connectivity index (χ1) is 8.50. The highest BCUT2D eigenvalue weighted by Gasteiger charge is 2.35. The van der Waals surface area contributed by atoms with Crippen LogP contribution in [0.3, 0.4) is 0 Å². The zero-order valence-electron chi connectivity index (χ0n) is 9.87. The molecule has 1 aromatic carbocycles. The SMILES string of the molecule is CC1C(=O)CCC1S(=O)c1ccc([N+](=O)[O-])cc1. The third kappa shape index (κ3) is 2.33. The van der Waals surface area contributed by atoms with Crippen molar-refractivity contribution in [2.24, 2.45) is 5.92 Å². The topological polar surface area (TPSA) is 77.3 Å². The summed E-state index contributed by atoms with van der Waals surface area (Å²) in [5.41, 5.74) is -0.0219. The number of carbonyl (C=O) groups is 1. The number of nitrogens with zero attached hydrogens (tertiary/aromatic N) is 1. The number of ketones is 1. The molecule has 0 saturated heterocycles. The lowest BCUT2D eigenvalue weighted by molar-refractivity contribution is -0.384. The molecule has 2 rings (SSSR count). The maximum absolute atomic E-state index is 12.3. The van der Waals surface area contributed by atoms with Crippen molar-refractivity contribution < 1.29 is 13.9 Å². The van der Waals surface area contributed by atoms with E-state index in [-0.39, 0.29) is 22.6 Å². The van der Waals surface area contributed by atoms with Crippen molar-refractivity contribution in [3.63, 3.8) is 0 Å². The Kier molecular flexibility index (Phi) is 3.56. The van der Waals surface area contributed by atoms with E-state index in [0.29, 0.717) is 17.7 Å². The fourth-order valence-electron chi connectivity index (χ4n) is 2.14. The fraction of sp³-hybridized carbons (Fsp3) is 0.417. The minimum atomic E-state index is -1.27. The molecular weight excluding hydrogens is 254 g/mol. The molecule has 18 heavy (non-hydrogen) atoms. The number of nitro groups is 1. The number of rotatable bonds is 3. The smallest absolute Gasteiger partial charge is 0.269 e. The van der Waals surface area contributed by atoms with Crippen molar-refractivity contribution in [1.82, 2.24) is 0 Å².